The van der Waals surface area contributed by atoms with Crippen LogP contribution >= 0.6 is 11.3 Å². The quantitative estimate of drug-likeness (QED) is 0.604. The summed E-state index contributed by atoms with van der Waals surface area (Å²) < 4.78 is 0. The molecule has 76 valence electrons. The van der Waals surface area contributed by atoms with Gasteiger partial charge in [-0.15, -0.1) is 11.3 Å². The highest BCUT2D eigenvalue weighted by atomic mass is 32.1. The molecule has 1 aromatic heterocycles. The second kappa shape index (κ2) is 3.53. The van der Waals surface area contributed by atoms with Crippen molar-refractivity contribution in [2.75, 3.05) is 0 Å². The summed E-state index contributed by atoms with van der Waals surface area (Å²) in [5.41, 5.74) is -0.0400. The van der Waals surface area contributed by atoms with Crippen LogP contribution in [0.1, 0.15) is 35.3 Å². The monoisotopic (exact) mass is 212 g/mol. The zero-order valence-corrected chi connectivity index (χ0v) is 9.14. The second-order valence-electron chi connectivity index (χ2n) is 4.05. The van der Waals surface area contributed by atoms with Gasteiger partial charge in [0.2, 0.25) is 0 Å². The normalized spacial score (nSPS) is 11.4. The van der Waals surface area contributed by atoms with Crippen molar-refractivity contribution in [3.8, 4) is 0 Å². The molecule has 0 amide bonds. The standard InChI is InChI=1S/C10H12O3S/c1-10(2,3)7-5-4-6(14-7)8(11)9(12)13/h4-5H,1-3H3,(H,12,13). The van der Waals surface area contributed by atoms with Gasteiger partial charge >= 0.3 is 5.97 Å². The predicted molar refractivity (Wildman–Crippen MR) is 55.0 cm³/mol. The van der Waals surface area contributed by atoms with Gasteiger partial charge < -0.3 is 5.11 Å². The molecule has 0 aromatic carbocycles. The van der Waals surface area contributed by atoms with Crippen molar-refractivity contribution >= 4 is 23.1 Å². The van der Waals surface area contributed by atoms with Crippen LogP contribution in [0.15, 0.2) is 12.1 Å². The molecule has 0 aliphatic rings. The number of ketones is 1. The molecule has 1 aromatic rings. The predicted octanol–water partition coefficient (Wildman–Crippen LogP) is 2.31. The molecular weight excluding hydrogens is 200 g/mol. The first kappa shape index (κ1) is 10.9. The van der Waals surface area contributed by atoms with Crippen molar-refractivity contribution < 1.29 is 14.7 Å². The van der Waals surface area contributed by atoms with Gasteiger partial charge in [0.05, 0.1) is 4.88 Å². The Hall–Kier alpha value is -1.16. The van der Waals surface area contributed by atoms with Crippen LogP contribution in [-0.4, -0.2) is 16.9 Å². The third-order valence-corrected chi connectivity index (χ3v) is 3.27. The Labute approximate surface area is 86.4 Å². The molecule has 0 radical (unpaired) electrons. The van der Waals surface area contributed by atoms with Gasteiger partial charge in [0.1, 0.15) is 0 Å². The molecule has 0 aliphatic carbocycles. The van der Waals surface area contributed by atoms with Gasteiger partial charge in [-0.3, -0.25) is 4.79 Å². The summed E-state index contributed by atoms with van der Waals surface area (Å²) >= 11 is 1.25. The molecule has 4 heteroatoms. The van der Waals surface area contributed by atoms with E-state index in [1.54, 1.807) is 12.1 Å². The van der Waals surface area contributed by atoms with Gasteiger partial charge in [-0.1, -0.05) is 20.8 Å². The molecule has 0 bridgehead atoms. The maximum absolute atomic E-state index is 11.1. The first-order valence-corrected chi connectivity index (χ1v) is 5.02. The van der Waals surface area contributed by atoms with E-state index in [2.05, 4.69) is 0 Å². The highest BCUT2D eigenvalue weighted by Crippen LogP contribution is 2.29. The Morgan fingerprint density at radius 2 is 1.86 bits per heavy atom. The molecule has 0 aliphatic heterocycles. The Kier molecular flexibility index (Phi) is 2.76. The lowest BCUT2D eigenvalue weighted by Crippen LogP contribution is -2.11. The Morgan fingerprint density at radius 1 is 1.29 bits per heavy atom. The lowest BCUT2D eigenvalue weighted by atomic mass is 9.95. The van der Waals surface area contributed by atoms with E-state index < -0.39 is 11.8 Å². The summed E-state index contributed by atoms with van der Waals surface area (Å²) in [5.74, 6) is -2.22. The maximum Gasteiger partial charge on any atom is 0.378 e. The molecule has 0 saturated heterocycles. The summed E-state index contributed by atoms with van der Waals surface area (Å²) in [5, 5.41) is 8.50. The van der Waals surface area contributed by atoms with Crippen molar-refractivity contribution in [1.29, 1.82) is 0 Å². The fourth-order valence-corrected chi connectivity index (χ4v) is 1.96. The number of hydrogen-bond acceptors (Lipinski definition) is 3. The first-order chi connectivity index (χ1) is 6.32. The van der Waals surface area contributed by atoms with Crippen molar-refractivity contribution in [2.45, 2.75) is 26.2 Å². The van der Waals surface area contributed by atoms with E-state index in [9.17, 15) is 9.59 Å². The molecular formula is C10H12O3S. The second-order valence-corrected chi connectivity index (χ2v) is 5.13. The molecule has 0 spiro atoms. The van der Waals surface area contributed by atoms with Gasteiger partial charge in [0.15, 0.2) is 0 Å². The number of carbonyl (C=O) groups is 2. The SMILES string of the molecule is CC(C)(C)c1ccc(C(=O)C(=O)O)s1. The Balaban J connectivity index is 3.00. The number of aliphatic carboxylic acids is 1. The number of Topliss-reactive ketones (excluding diaryl/α,β-unsaturated/α-hetero) is 1. The van der Waals surface area contributed by atoms with E-state index in [-0.39, 0.29) is 5.41 Å². The number of carboxylic acids is 1. The van der Waals surface area contributed by atoms with Crippen LogP contribution in [0.2, 0.25) is 0 Å². The maximum atomic E-state index is 11.1. The van der Waals surface area contributed by atoms with E-state index in [1.807, 2.05) is 20.8 Å². The fourth-order valence-electron chi connectivity index (χ4n) is 0.968. The van der Waals surface area contributed by atoms with Crippen molar-refractivity contribution in [3.63, 3.8) is 0 Å². The van der Waals surface area contributed by atoms with Crippen LogP contribution in [-0.2, 0) is 10.2 Å². The smallest absolute Gasteiger partial charge is 0.378 e. The lowest BCUT2D eigenvalue weighted by molar-refractivity contribution is -0.131. The molecule has 1 N–H and O–H groups in total. The van der Waals surface area contributed by atoms with E-state index in [0.717, 1.165) is 4.88 Å². The van der Waals surface area contributed by atoms with Crippen molar-refractivity contribution in [1.82, 2.24) is 0 Å². The Bertz CT molecular complexity index is 371. The minimum atomic E-state index is -1.40. The highest BCUT2D eigenvalue weighted by molar-refractivity contribution is 7.15. The number of thiophene rings is 1. The van der Waals surface area contributed by atoms with Crippen molar-refractivity contribution in [2.24, 2.45) is 0 Å². The van der Waals surface area contributed by atoms with Gasteiger partial charge in [0, 0.05) is 4.88 Å². The topological polar surface area (TPSA) is 54.4 Å². The van der Waals surface area contributed by atoms with Crippen LogP contribution in [0, 0.1) is 0 Å². The number of carbonyl (C=O) groups excluding carboxylic acids is 1. The summed E-state index contributed by atoms with van der Waals surface area (Å²) in [4.78, 5) is 22.8. The number of rotatable bonds is 2. The van der Waals surface area contributed by atoms with E-state index >= 15 is 0 Å². The first-order valence-electron chi connectivity index (χ1n) is 4.20. The molecule has 1 rings (SSSR count). The zero-order valence-electron chi connectivity index (χ0n) is 8.33. The van der Waals surface area contributed by atoms with Crippen molar-refractivity contribution in [3.05, 3.63) is 21.9 Å². The molecule has 0 fully saturated rings. The van der Waals surface area contributed by atoms with Crippen LogP contribution in [0.3, 0.4) is 0 Å². The van der Waals surface area contributed by atoms with E-state index in [4.69, 9.17) is 5.11 Å². The van der Waals surface area contributed by atoms with E-state index in [1.165, 1.54) is 11.3 Å². The van der Waals surface area contributed by atoms with Gasteiger partial charge in [-0.25, -0.2) is 4.79 Å². The van der Waals surface area contributed by atoms with Crippen LogP contribution in [0.5, 0.6) is 0 Å². The largest absolute Gasteiger partial charge is 0.475 e. The summed E-state index contributed by atoms with van der Waals surface area (Å²) in [6.07, 6.45) is 0. The third-order valence-electron chi connectivity index (χ3n) is 1.76. The number of carboxylic acid groups (broad SMARTS) is 1. The molecule has 3 nitrogen and oxygen atoms in total. The highest BCUT2D eigenvalue weighted by Gasteiger charge is 2.21. The minimum absolute atomic E-state index is 0.0400. The summed E-state index contributed by atoms with van der Waals surface area (Å²) in [6, 6.07) is 3.38. The fraction of sp³-hybridized carbons (Fsp3) is 0.400. The molecule has 1 heterocycles. The third kappa shape index (κ3) is 2.20. The lowest BCUT2D eigenvalue weighted by Gasteiger charge is -2.15. The zero-order chi connectivity index (χ0) is 10.9. The number of hydrogen-bond donors (Lipinski definition) is 1. The molecule has 0 atom stereocenters. The molecule has 0 unspecified atom stereocenters. The summed E-state index contributed by atoms with van der Waals surface area (Å²) in [7, 11) is 0. The van der Waals surface area contributed by atoms with Crippen LogP contribution < -0.4 is 0 Å². The summed E-state index contributed by atoms with van der Waals surface area (Å²) in [6.45, 7) is 6.07. The van der Waals surface area contributed by atoms with Gasteiger partial charge in [-0.05, 0) is 17.5 Å². The molecule has 0 saturated carbocycles. The molecule has 14 heavy (non-hydrogen) atoms. The van der Waals surface area contributed by atoms with Gasteiger partial charge in [0.25, 0.3) is 5.78 Å². The Morgan fingerprint density at radius 3 is 2.21 bits per heavy atom. The minimum Gasteiger partial charge on any atom is -0.475 e. The average Bonchev–Trinajstić information content (AvgIpc) is 2.49. The van der Waals surface area contributed by atoms with Crippen LogP contribution in [0.25, 0.3) is 0 Å². The van der Waals surface area contributed by atoms with Crippen LogP contribution in [0.4, 0.5) is 0 Å². The van der Waals surface area contributed by atoms with E-state index in [0.29, 0.717) is 4.88 Å². The average molecular weight is 212 g/mol. The van der Waals surface area contributed by atoms with Gasteiger partial charge in [-0.2, -0.15) is 0 Å².